The Hall–Kier alpha value is 0.210. The molecule has 2 aliphatic rings. The van der Waals surface area contributed by atoms with Crippen LogP contribution in [0.25, 0.3) is 0 Å². The van der Waals surface area contributed by atoms with Crippen LogP contribution in [0.5, 0.6) is 0 Å². The van der Waals surface area contributed by atoms with Crippen LogP contribution in [-0.2, 0) is 0 Å². The molecule has 0 aromatic heterocycles. The summed E-state index contributed by atoms with van der Waals surface area (Å²) in [4.78, 5) is 0. The zero-order valence-electron chi connectivity index (χ0n) is 5.92. The lowest BCUT2D eigenvalue weighted by molar-refractivity contribution is 0.151. The van der Waals surface area contributed by atoms with E-state index in [0.717, 1.165) is 18.9 Å². The molecule has 0 aromatic rings. The summed E-state index contributed by atoms with van der Waals surface area (Å²) in [5.74, 6) is 0.792. The summed E-state index contributed by atoms with van der Waals surface area (Å²) >= 11 is 0. The highest BCUT2D eigenvalue weighted by molar-refractivity contribution is 5.85. The Balaban J connectivity index is 0.000000500. The molecular formula is C7H14ClNO. The molecule has 0 spiro atoms. The second-order valence-electron chi connectivity index (χ2n) is 3.17. The monoisotopic (exact) mass is 163 g/mol. The van der Waals surface area contributed by atoms with Crippen molar-refractivity contribution in [3.05, 3.63) is 0 Å². The van der Waals surface area contributed by atoms with Crippen LogP contribution in [-0.4, -0.2) is 23.8 Å². The molecule has 0 amide bonds. The first-order chi connectivity index (χ1) is 4.38. The van der Waals surface area contributed by atoms with Crippen LogP contribution in [0, 0.1) is 5.92 Å². The van der Waals surface area contributed by atoms with Gasteiger partial charge < -0.3 is 10.4 Å². The fourth-order valence-electron chi connectivity index (χ4n) is 2.12. The zero-order chi connectivity index (χ0) is 6.27. The second-order valence-corrected chi connectivity index (χ2v) is 3.17. The molecule has 0 bridgehead atoms. The van der Waals surface area contributed by atoms with E-state index in [1.165, 1.54) is 12.8 Å². The standard InChI is InChI=1S/C7H13NO.ClH/c9-6-2-1-5-3-4-8-7(5)6;/h5-9H,1-4H2;1H/t5-,6-,7+;/m0./s1. The van der Waals surface area contributed by atoms with Crippen molar-refractivity contribution in [2.75, 3.05) is 6.54 Å². The Kier molecular flexibility index (Phi) is 2.55. The summed E-state index contributed by atoms with van der Waals surface area (Å²) in [5, 5.41) is 12.7. The van der Waals surface area contributed by atoms with Crippen LogP contribution < -0.4 is 5.32 Å². The molecule has 1 saturated carbocycles. The molecule has 1 saturated heterocycles. The number of aliphatic hydroxyl groups excluding tert-OH is 1. The molecule has 3 atom stereocenters. The molecular weight excluding hydrogens is 150 g/mol. The fourth-order valence-corrected chi connectivity index (χ4v) is 2.12. The van der Waals surface area contributed by atoms with E-state index in [1.807, 2.05) is 0 Å². The van der Waals surface area contributed by atoms with E-state index < -0.39 is 0 Å². The van der Waals surface area contributed by atoms with Gasteiger partial charge in [-0.3, -0.25) is 0 Å². The SMILES string of the molecule is Cl.O[C@H]1CC[C@H]2CCN[C@H]21. The highest BCUT2D eigenvalue weighted by atomic mass is 35.5. The number of fused-ring (bicyclic) bond motifs is 1. The van der Waals surface area contributed by atoms with Gasteiger partial charge in [0.2, 0.25) is 0 Å². The van der Waals surface area contributed by atoms with E-state index in [2.05, 4.69) is 5.32 Å². The molecule has 1 heterocycles. The summed E-state index contributed by atoms with van der Waals surface area (Å²) < 4.78 is 0. The Morgan fingerprint density at radius 3 is 2.70 bits per heavy atom. The van der Waals surface area contributed by atoms with Gasteiger partial charge in [-0.05, 0) is 31.7 Å². The Bertz CT molecular complexity index is 120. The third-order valence-corrected chi connectivity index (χ3v) is 2.65. The molecule has 2 fully saturated rings. The fraction of sp³-hybridized carbons (Fsp3) is 1.00. The minimum Gasteiger partial charge on any atom is -0.391 e. The van der Waals surface area contributed by atoms with Crippen molar-refractivity contribution in [3.8, 4) is 0 Å². The van der Waals surface area contributed by atoms with E-state index in [-0.39, 0.29) is 18.5 Å². The highest BCUT2D eigenvalue weighted by Gasteiger charge is 2.37. The van der Waals surface area contributed by atoms with Crippen LogP contribution >= 0.6 is 12.4 Å². The first kappa shape index (κ1) is 8.31. The van der Waals surface area contributed by atoms with E-state index >= 15 is 0 Å². The predicted molar refractivity (Wildman–Crippen MR) is 42.4 cm³/mol. The van der Waals surface area contributed by atoms with Crippen molar-refractivity contribution < 1.29 is 5.11 Å². The third kappa shape index (κ3) is 1.16. The molecule has 2 N–H and O–H groups in total. The minimum absolute atomic E-state index is 0. The second kappa shape index (κ2) is 3.07. The summed E-state index contributed by atoms with van der Waals surface area (Å²) in [7, 11) is 0. The van der Waals surface area contributed by atoms with Crippen molar-refractivity contribution in [2.24, 2.45) is 5.92 Å². The van der Waals surface area contributed by atoms with Gasteiger partial charge in [0.05, 0.1) is 6.10 Å². The lowest BCUT2D eigenvalue weighted by Crippen LogP contribution is -2.33. The largest absolute Gasteiger partial charge is 0.391 e. The Morgan fingerprint density at radius 1 is 1.20 bits per heavy atom. The maximum atomic E-state index is 9.34. The van der Waals surface area contributed by atoms with Gasteiger partial charge in [-0.1, -0.05) is 0 Å². The number of nitrogens with one attached hydrogen (secondary N) is 1. The van der Waals surface area contributed by atoms with Crippen molar-refractivity contribution in [1.29, 1.82) is 0 Å². The lowest BCUT2D eigenvalue weighted by atomic mass is 10.0. The average molecular weight is 164 g/mol. The molecule has 0 unspecified atom stereocenters. The highest BCUT2D eigenvalue weighted by Crippen LogP contribution is 2.31. The van der Waals surface area contributed by atoms with Crippen LogP contribution in [0.1, 0.15) is 19.3 Å². The van der Waals surface area contributed by atoms with Gasteiger partial charge in [0.1, 0.15) is 0 Å². The molecule has 2 nitrogen and oxygen atoms in total. The number of aliphatic hydroxyl groups is 1. The van der Waals surface area contributed by atoms with Gasteiger partial charge in [-0.25, -0.2) is 0 Å². The number of hydrogen-bond donors (Lipinski definition) is 2. The van der Waals surface area contributed by atoms with Crippen LogP contribution in [0.3, 0.4) is 0 Å². The first-order valence-electron chi connectivity index (χ1n) is 3.79. The van der Waals surface area contributed by atoms with Crippen LogP contribution in [0.15, 0.2) is 0 Å². The molecule has 10 heavy (non-hydrogen) atoms. The normalized spacial score (nSPS) is 44.7. The van der Waals surface area contributed by atoms with E-state index in [9.17, 15) is 5.11 Å². The van der Waals surface area contributed by atoms with Gasteiger partial charge >= 0.3 is 0 Å². The predicted octanol–water partition coefficient (Wildman–Crippen LogP) is 0.541. The van der Waals surface area contributed by atoms with Crippen molar-refractivity contribution >= 4 is 12.4 Å². The Morgan fingerprint density at radius 2 is 2.00 bits per heavy atom. The molecule has 1 aliphatic heterocycles. The van der Waals surface area contributed by atoms with Gasteiger partial charge in [-0.2, -0.15) is 0 Å². The van der Waals surface area contributed by atoms with Crippen LogP contribution in [0.4, 0.5) is 0 Å². The smallest absolute Gasteiger partial charge is 0.0696 e. The molecule has 60 valence electrons. The zero-order valence-corrected chi connectivity index (χ0v) is 6.73. The topological polar surface area (TPSA) is 32.3 Å². The Labute approximate surface area is 67.4 Å². The number of halogens is 1. The maximum absolute atomic E-state index is 9.34. The first-order valence-corrected chi connectivity index (χ1v) is 3.79. The number of rotatable bonds is 0. The van der Waals surface area contributed by atoms with E-state index in [0.29, 0.717) is 6.04 Å². The maximum Gasteiger partial charge on any atom is 0.0696 e. The molecule has 0 radical (unpaired) electrons. The molecule has 0 aromatic carbocycles. The van der Waals surface area contributed by atoms with E-state index in [4.69, 9.17) is 0 Å². The van der Waals surface area contributed by atoms with Gasteiger partial charge in [0.15, 0.2) is 0 Å². The van der Waals surface area contributed by atoms with Crippen molar-refractivity contribution in [3.63, 3.8) is 0 Å². The number of hydrogen-bond acceptors (Lipinski definition) is 2. The molecule has 1 aliphatic carbocycles. The quantitative estimate of drug-likeness (QED) is 0.547. The summed E-state index contributed by atoms with van der Waals surface area (Å²) in [5.41, 5.74) is 0. The average Bonchev–Trinajstić information content (AvgIpc) is 2.35. The minimum atomic E-state index is -0.0440. The summed E-state index contributed by atoms with van der Waals surface area (Å²) in [6, 6.07) is 0.449. The summed E-state index contributed by atoms with van der Waals surface area (Å²) in [6.07, 6.45) is 3.49. The lowest BCUT2D eigenvalue weighted by Gasteiger charge is -2.11. The molecule has 3 heteroatoms. The van der Waals surface area contributed by atoms with Crippen LogP contribution in [0.2, 0.25) is 0 Å². The van der Waals surface area contributed by atoms with Gasteiger partial charge in [0.25, 0.3) is 0 Å². The van der Waals surface area contributed by atoms with E-state index in [1.54, 1.807) is 0 Å². The summed E-state index contributed by atoms with van der Waals surface area (Å²) in [6.45, 7) is 1.12. The third-order valence-electron chi connectivity index (χ3n) is 2.65. The molecule has 2 rings (SSSR count). The van der Waals surface area contributed by atoms with Crippen molar-refractivity contribution in [2.45, 2.75) is 31.4 Å². The van der Waals surface area contributed by atoms with Crippen molar-refractivity contribution in [1.82, 2.24) is 5.32 Å². The van der Waals surface area contributed by atoms with Gasteiger partial charge in [0, 0.05) is 6.04 Å². The van der Waals surface area contributed by atoms with Gasteiger partial charge in [-0.15, -0.1) is 12.4 Å².